The van der Waals surface area contributed by atoms with Gasteiger partial charge in [-0.15, -0.1) is 0 Å². The van der Waals surface area contributed by atoms with Gasteiger partial charge in [0.15, 0.2) is 0 Å². The van der Waals surface area contributed by atoms with Gasteiger partial charge in [-0.25, -0.2) is 0 Å². The van der Waals surface area contributed by atoms with Crippen molar-refractivity contribution in [1.29, 1.82) is 0 Å². The van der Waals surface area contributed by atoms with Crippen molar-refractivity contribution < 1.29 is 14.3 Å². The number of methoxy groups -OCH3 is 2. The van der Waals surface area contributed by atoms with Gasteiger partial charge >= 0.3 is 5.97 Å². The highest BCUT2D eigenvalue weighted by atomic mass is 16.5. The van der Waals surface area contributed by atoms with Crippen LogP contribution in [0.1, 0.15) is 50.2 Å². The van der Waals surface area contributed by atoms with Crippen LogP contribution in [-0.2, 0) is 16.0 Å². The second kappa shape index (κ2) is 6.97. The van der Waals surface area contributed by atoms with Gasteiger partial charge in [-0.3, -0.25) is 4.79 Å². The summed E-state index contributed by atoms with van der Waals surface area (Å²) in [5, 5.41) is 0. The first-order chi connectivity index (χ1) is 10.1. The summed E-state index contributed by atoms with van der Waals surface area (Å²) in [5.41, 5.74) is 2.62. The summed E-state index contributed by atoms with van der Waals surface area (Å²) in [6.45, 7) is 4.37. The van der Waals surface area contributed by atoms with E-state index in [4.69, 9.17) is 9.47 Å². The molecule has 0 aliphatic heterocycles. The molecular weight excluding hydrogens is 264 g/mol. The fraction of sp³-hybridized carbons (Fsp3) is 0.611. The van der Waals surface area contributed by atoms with Gasteiger partial charge in [-0.1, -0.05) is 26.0 Å². The Bertz CT molecular complexity index is 495. The molecule has 0 radical (unpaired) electrons. The molecule has 116 valence electrons. The van der Waals surface area contributed by atoms with Gasteiger partial charge < -0.3 is 9.47 Å². The van der Waals surface area contributed by atoms with Crippen LogP contribution in [0.2, 0.25) is 0 Å². The van der Waals surface area contributed by atoms with Crippen molar-refractivity contribution in [3.05, 3.63) is 29.3 Å². The Balaban J connectivity index is 2.12. The summed E-state index contributed by atoms with van der Waals surface area (Å²) in [7, 11) is 3.20. The summed E-state index contributed by atoms with van der Waals surface area (Å²) >= 11 is 0. The summed E-state index contributed by atoms with van der Waals surface area (Å²) in [4.78, 5) is 11.6. The van der Waals surface area contributed by atoms with Crippen LogP contribution in [0.5, 0.6) is 5.75 Å². The molecule has 0 saturated heterocycles. The van der Waals surface area contributed by atoms with Gasteiger partial charge in [0.1, 0.15) is 5.75 Å². The lowest BCUT2D eigenvalue weighted by atomic mass is 9.88. The van der Waals surface area contributed by atoms with E-state index in [2.05, 4.69) is 32.0 Å². The van der Waals surface area contributed by atoms with E-state index in [1.807, 2.05) is 0 Å². The zero-order valence-electron chi connectivity index (χ0n) is 13.5. The van der Waals surface area contributed by atoms with Gasteiger partial charge in [0, 0.05) is 0 Å². The molecule has 1 fully saturated rings. The molecule has 3 atom stereocenters. The Labute approximate surface area is 127 Å². The second-order valence-corrected chi connectivity index (χ2v) is 5.90. The quantitative estimate of drug-likeness (QED) is 0.713. The number of hydrogen-bond donors (Lipinski definition) is 0. The number of rotatable bonds is 7. The van der Waals surface area contributed by atoms with Gasteiger partial charge in [0.2, 0.25) is 0 Å². The largest absolute Gasteiger partial charge is 0.496 e. The molecule has 3 unspecified atom stereocenters. The predicted octanol–water partition coefficient (Wildman–Crippen LogP) is 3.95. The van der Waals surface area contributed by atoms with Crippen LogP contribution in [0.25, 0.3) is 0 Å². The lowest BCUT2D eigenvalue weighted by Crippen LogP contribution is -2.07. The van der Waals surface area contributed by atoms with Gasteiger partial charge in [0.25, 0.3) is 0 Å². The van der Waals surface area contributed by atoms with Crippen LogP contribution in [0.4, 0.5) is 0 Å². The van der Waals surface area contributed by atoms with Crippen LogP contribution in [-0.4, -0.2) is 20.2 Å². The highest BCUT2D eigenvalue weighted by Gasteiger charge is 2.44. The molecular formula is C18H26O3. The number of carbonyl (C=O) groups is 1. The molecule has 1 aromatic rings. The highest BCUT2D eigenvalue weighted by Crippen LogP contribution is 2.47. The van der Waals surface area contributed by atoms with Gasteiger partial charge in [-0.2, -0.15) is 0 Å². The third-order valence-electron chi connectivity index (χ3n) is 4.65. The number of ether oxygens (including phenoxy) is 2. The predicted molar refractivity (Wildman–Crippen MR) is 83.6 cm³/mol. The number of hydrogen-bond acceptors (Lipinski definition) is 3. The van der Waals surface area contributed by atoms with Crippen LogP contribution in [0, 0.1) is 11.8 Å². The Morgan fingerprint density at radius 3 is 2.67 bits per heavy atom. The fourth-order valence-corrected chi connectivity index (χ4v) is 3.15. The van der Waals surface area contributed by atoms with Crippen LogP contribution in [0.3, 0.4) is 0 Å². The normalized spacial score (nSPS) is 21.7. The molecule has 21 heavy (non-hydrogen) atoms. The highest BCUT2D eigenvalue weighted by molar-refractivity contribution is 5.75. The molecule has 3 heteroatoms. The lowest BCUT2D eigenvalue weighted by molar-refractivity contribution is -0.142. The van der Waals surface area contributed by atoms with E-state index in [9.17, 15) is 4.79 Å². The molecule has 1 aliphatic rings. The SMILES string of the molecule is CCc1ccc(OC)c(C(CC)CC2CC2C(=O)OC)c1. The third kappa shape index (κ3) is 3.58. The third-order valence-corrected chi connectivity index (χ3v) is 4.65. The average Bonchev–Trinajstić information content (AvgIpc) is 3.30. The van der Waals surface area contributed by atoms with E-state index >= 15 is 0 Å². The molecule has 2 rings (SSSR count). The Morgan fingerprint density at radius 1 is 1.33 bits per heavy atom. The smallest absolute Gasteiger partial charge is 0.308 e. The van der Waals surface area contributed by atoms with Crippen LogP contribution in [0.15, 0.2) is 18.2 Å². The standard InChI is InChI=1S/C18H26O3/c1-5-12-7-8-17(20-3)15(9-12)13(6-2)10-14-11-16(14)18(19)21-4/h7-9,13-14,16H,5-6,10-11H2,1-4H3. The summed E-state index contributed by atoms with van der Waals surface area (Å²) in [6, 6.07) is 6.47. The maximum absolute atomic E-state index is 11.6. The zero-order chi connectivity index (χ0) is 15.4. The molecule has 0 amide bonds. The minimum absolute atomic E-state index is 0.0517. The van der Waals surface area contributed by atoms with Gasteiger partial charge in [0.05, 0.1) is 20.1 Å². The lowest BCUT2D eigenvalue weighted by Gasteiger charge is -2.19. The first kappa shape index (κ1) is 15.9. The minimum Gasteiger partial charge on any atom is -0.496 e. The van der Waals surface area contributed by atoms with Crippen molar-refractivity contribution in [3.8, 4) is 5.75 Å². The second-order valence-electron chi connectivity index (χ2n) is 5.90. The van der Waals surface area contributed by atoms with E-state index in [1.165, 1.54) is 18.2 Å². The van der Waals surface area contributed by atoms with Gasteiger partial charge in [-0.05, 0) is 54.7 Å². The minimum atomic E-state index is -0.0517. The van der Waals surface area contributed by atoms with E-state index < -0.39 is 0 Å². The zero-order valence-corrected chi connectivity index (χ0v) is 13.5. The number of esters is 1. The van der Waals surface area contributed by atoms with E-state index in [0.717, 1.165) is 31.4 Å². The summed E-state index contributed by atoms with van der Waals surface area (Å²) in [6.07, 6.45) is 4.11. The Hall–Kier alpha value is -1.51. The number of carbonyl (C=O) groups excluding carboxylic acids is 1. The van der Waals surface area contributed by atoms with Crippen molar-refractivity contribution in [2.45, 2.75) is 45.4 Å². The molecule has 1 aliphatic carbocycles. The van der Waals surface area contributed by atoms with E-state index in [-0.39, 0.29) is 11.9 Å². The molecule has 0 aromatic heterocycles. The van der Waals surface area contributed by atoms with E-state index in [0.29, 0.717) is 11.8 Å². The van der Waals surface area contributed by atoms with Crippen molar-refractivity contribution >= 4 is 5.97 Å². The molecule has 0 N–H and O–H groups in total. The maximum Gasteiger partial charge on any atom is 0.308 e. The van der Waals surface area contributed by atoms with Crippen molar-refractivity contribution in [2.24, 2.45) is 11.8 Å². The van der Waals surface area contributed by atoms with E-state index in [1.54, 1.807) is 7.11 Å². The monoisotopic (exact) mass is 290 g/mol. The Morgan fingerprint density at radius 2 is 2.10 bits per heavy atom. The summed E-state index contributed by atoms with van der Waals surface area (Å²) < 4.78 is 10.4. The summed E-state index contributed by atoms with van der Waals surface area (Å²) in [5.74, 6) is 1.95. The topological polar surface area (TPSA) is 35.5 Å². The maximum atomic E-state index is 11.6. The van der Waals surface area contributed by atoms with Crippen LogP contribution >= 0.6 is 0 Å². The first-order valence-electron chi connectivity index (χ1n) is 7.89. The fourth-order valence-electron chi connectivity index (χ4n) is 3.15. The average molecular weight is 290 g/mol. The first-order valence-corrected chi connectivity index (χ1v) is 7.89. The number of benzene rings is 1. The molecule has 1 aromatic carbocycles. The molecule has 0 spiro atoms. The van der Waals surface area contributed by atoms with Crippen molar-refractivity contribution in [1.82, 2.24) is 0 Å². The van der Waals surface area contributed by atoms with Crippen molar-refractivity contribution in [3.63, 3.8) is 0 Å². The Kier molecular flexibility index (Phi) is 5.27. The molecule has 0 heterocycles. The molecule has 0 bridgehead atoms. The van der Waals surface area contributed by atoms with Crippen molar-refractivity contribution in [2.75, 3.05) is 14.2 Å². The van der Waals surface area contributed by atoms with Crippen LogP contribution < -0.4 is 4.74 Å². The molecule has 1 saturated carbocycles. The number of aryl methyl sites for hydroxylation is 1. The molecule has 3 nitrogen and oxygen atoms in total.